The molecule has 2 aliphatic rings. The average molecular weight is 624 g/mol. The summed E-state index contributed by atoms with van der Waals surface area (Å²) in [6, 6.07) is 8.74. The highest BCUT2D eigenvalue weighted by Crippen LogP contribution is 2.40. The van der Waals surface area contributed by atoms with Crippen molar-refractivity contribution in [2.75, 3.05) is 66.0 Å². The van der Waals surface area contributed by atoms with E-state index in [4.69, 9.17) is 4.74 Å². The highest BCUT2D eigenvalue weighted by molar-refractivity contribution is 7.92. The lowest BCUT2D eigenvalue weighted by Gasteiger charge is -2.28. The summed E-state index contributed by atoms with van der Waals surface area (Å²) in [7, 11) is -0.158. The maximum absolute atomic E-state index is 13.6. The Hall–Kier alpha value is -4.17. The number of rotatable bonds is 8. The van der Waals surface area contributed by atoms with Gasteiger partial charge in [0.15, 0.2) is 5.75 Å². The van der Waals surface area contributed by atoms with Crippen LogP contribution >= 0.6 is 0 Å². The van der Waals surface area contributed by atoms with Crippen LogP contribution in [0.15, 0.2) is 46.9 Å². The lowest BCUT2D eigenvalue weighted by molar-refractivity contribution is 0.102. The van der Waals surface area contributed by atoms with E-state index in [1.54, 1.807) is 24.3 Å². The van der Waals surface area contributed by atoms with Gasteiger partial charge in [0.25, 0.3) is 5.91 Å². The van der Waals surface area contributed by atoms with E-state index in [-0.39, 0.29) is 28.8 Å². The number of amides is 1. The van der Waals surface area contributed by atoms with Crippen LogP contribution in [0.5, 0.6) is 5.75 Å². The number of methoxy groups -OCH3 is 1. The summed E-state index contributed by atoms with van der Waals surface area (Å²) in [6.07, 6.45) is 2.94. The van der Waals surface area contributed by atoms with E-state index in [2.05, 4.69) is 40.1 Å². The lowest BCUT2D eigenvalue weighted by atomic mass is 9.86. The highest BCUT2D eigenvalue weighted by atomic mass is 32.2. The third kappa shape index (κ3) is 6.65. The van der Waals surface area contributed by atoms with E-state index in [0.29, 0.717) is 17.8 Å². The number of hydrogen-bond donors (Lipinski definition) is 3. The molecule has 44 heavy (non-hydrogen) atoms. The lowest BCUT2D eigenvalue weighted by Crippen LogP contribution is -2.44. The maximum Gasteiger partial charge on any atom is 0.255 e. The predicted octanol–water partition coefficient (Wildman–Crippen LogP) is 4.00. The molecule has 1 saturated heterocycles. The van der Waals surface area contributed by atoms with Crippen LogP contribution in [0.3, 0.4) is 0 Å². The number of carbonyl (C=O) groups is 1. The number of piperazine rings is 1. The number of benzene rings is 2. The van der Waals surface area contributed by atoms with Gasteiger partial charge in [0.2, 0.25) is 16.0 Å². The van der Waals surface area contributed by atoms with Crippen LogP contribution in [0.25, 0.3) is 0 Å². The van der Waals surface area contributed by atoms with Crippen molar-refractivity contribution >= 4 is 38.9 Å². The normalized spacial score (nSPS) is 17.2. The number of hydrogen-bond acceptors (Lipinski definition) is 10. The zero-order valence-electron chi connectivity index (χ0n) is 26.3. The van der Waals surface area contributed by atoms with Crippen molar-refractivity contribution in [1.82, 2.24) is 14.9 Å². The Morgan fingerprint density at radius 1 is 1.11 bits per heavy atom. The number of sulfonamides is 1. The van der Waals surface area contributed by atoms with Gasteiger partial charge in [0, 0.05) is 38.8 Å². The largest absolute Gasteiger partial charge is 0.492 e. The van der Waals surface area contributed by atoms with Crippen LogP contribution in [-0.4, -0.2) is 70.0 Å². The van der Waals surface area contributed by atoms with Gasteiger partial charge in [-0.3, -0.25) is 9.52 Å². The van der Waals surface area contributed by atoms with E-state index in [1.165, 1.54) is 7.11 Å². The number of anilines is 4. The first-order valence-corrected chi connectivity index (χ1v) is 16.4. The third-order valence-corrected chi connectivity index (χ3v) is 8.43. The fraction of sp³-hybridized carbons (Fsp3) is 0.467. The molecular formula is C30H41N9O4S. The average Bonchev–Trinajstić information content (AvgIpc) is 3.59. The zero-order chi connectivity index (χ0) is 31.8. The molecule has 13 nitrogen and oxygen atoms in total. The Kier molecular flexibility index (Phi) is 8.58. The molecular weight excluding hydrogens is 582 g/mol. The molecule has 1 atom stereocenters. The van der Waals surface area contributed by atoms with E-state index in [9.17, 15) is 13.2 Å². The van der Waals surface area contributed by atoms with E-state index in [1.807, 2.05) is 52.0 Å². The second-order valence-electron chi connectivity index (χ2n) is 12.3. The first kappa shape index (κ1) is 31.3. The fourth-order valence-electron chi connectivity index (χ4n) is 5.41. The summed E-state index contributed by atoms with van der Waals surface area (Å²) in [6.45, 7) is 12.1. The monoisotopic (exact) mass is 623 g/mol. The Balaban J connectivity index is 1.38. The van der Waals surface area contributed by atoms with Gasteiger partial charge in [-0.2, -0.15) is 5.11 Å². The highest BCUT2D eigenvalue weighted by Gasteiger charge is 2.29. The van der Waals surface area contributed by atoms with Crippen molar-refractivity contribution in [3.8, 4) is 5.75 Å². The smallest absolute Gasteiger partial charge is 0.255 e. The minimum Gasteiger partial charge on any atom is -0.492 e. The molecule has 0 radical (unpaired) electrons. The second kappa shape index (κ2) is 12.1. The Labute approximate surface area is 258 Å². The van der Waals surface area contributed by atoms with Crippen molar-refractivity contribution < 1.29 is 17.9 Å². The van der Waals surface area contributed by atoms with Crippen molar-refractivity contribution in [3.05, 3.63) is 58.9 Å². The molecule has 1 aromatic heterocycles. The molecule has 3 aromatic rings. The molecule has 0 bridgehead atoms. The van der Waals surface area contributed by atoms with Gasteiger partial charge in [-0.25, -0.2) is 18.4 Å². The Bertz CT molecular complexity index is 1690. The topological polar surface area (TPSA) is 146 Å². The second-order valence-corrected chi connectivity index (χ2v) is 14.0. The number of imidazole rings is 1. The molecule has 1 unspecified atom stereocenters. The molecule has 3 N–H and O–H groups in total. The van der Waals surface area contributed by atoms with Gasteiger partial charge in [0.05, 0.1) is 48.9 Å². The summed E-state index contributed by atoms with van der Waals surface area (Å²) < 4.78 is 34.4. The van der Waals surface area contributed by atoms with E-state index in [0.717, 1.165) is 60.9 Å². The van der Waals surface area contributed by atoms with Gasteiger partial charge >= 0.3 is 0 Å². The molecule has 0 saturated carbocycles. The van der Waals surface area contributed by atoms with Crippen molar-refractivity contribution in [1.29, 1.82) is 0 Å². The maximum atomic E-state index is 13.6. The number of nitrogens with zero attached hydrogens (tertiary/aromatic N) is 6. The quantitative estimate of drug-likeness (QED) is 0.342. The number of nitrogens with one attached hydrogen (secondary N) is 3. The molecule has 14 heteroatoms. The summed E-state index contributed by atoms with van der Waals surface area (Å²) in [5.74, 6) is 0.767. The number of ether oxygens (including phenoxy) is 1. The molecule has 3 heterocycles. The van der Waals surface area contributed by atoms with E-state index >= 15 is 0 Å². The van der Waals surface area contributed by atoms with Crippen LogP contribution in [0.1, 0.15) is 54.0 Å². The molecule has 1 amide bonds. The van der Waals surface area contributed by atoms with Crippen LogP contribution in [0.4, 0.5) is 23.0 Å². The van der Waals surface area contributed by atoms with Crippen molar-refractivity contribution in [3.63, 3.8) is 0 Å². The van der Waals surface area contributed by atoms with Crippen LogP contribution < -0.4 is 30.0 Å². The van der Waals surface area contributed by atoms with Crippen LogP contribution in [0.2, 0.25) is 0 Å². The Morgan fingerprint density at radius 3 is 2.48 bits per heavy atom. The first-order valence-electron chi connectivity index (χ1n) is 14.5. The standard InChI is InChI=1S/C30H41N9O4S/c1-19-8-9-20(28(40)33-22-15-21(30(2,3)4)16-23(27(22)43-6)35-44(7,41)42)14-25(19)39-18-24(34-36-39)26-17-32-29(37(26)5)38-12-10-31-11-13-38/h8-9,14-17,24,31,35H,10-13,18H2,1-7H3,(H,33,40). The SMILES string of the molecule is COc1c(NC(=O)c2ccc(C)c(N3CC(c4cnc(N5CCNCC5)n4C)N=N3)c2)cc(C(C)(C)C)cc1NS(C)(=O)=O. The minimum absolute atomic E-state index is 0.203. The number of aromatic nitrogens is 2. The fourth-order valence-corrected chi connectivity index (χ4v) is 5.97. The summed E-state index contributed by atoms with van der Waals surface area (Å²) >= 11 is 0. The third-order valence-electron chi connectivity index (χ3n) is 7.84. The van der Waals surface area contributed by atoms with Gasteiger partial charge in [-0.15, -0.1) is 0 Å². The van der Waals surface area contributed by atoms with Crippen molar-refractivity contribution in [2.45, 2.75) is 39.2 Å². The number of aryl methyl sites for hydroxylation is 1. The van der Waals surface area contributed by atoms with Crippen LogP contribution in [-0.2, 0) is 22.5 Å². The number of carbonyl (C=O) groups excluding carboxylic acids is 1. The molecule has 5 rings (SSSR count). The summed E-state index contributed by atoms with van der Waals surface area (Å²) in [5, 5.41) is 17.1. The van der Waals surface area contributed by atoms with Crippen LogP contribution in [0, 0.1) is 6.92 Å². The molecule has 0 aliphatic carbocycles. The van der Waals surface area contributed by atoms with E-state index < -0.39 is 10.0 Å². The Morgan fingerprint density at radius 2 is 1.82 bits per heavy atom. The van der Waals surface area contributed by atoms with Gasteiger partial charge < -0.3 is 24.8 Å². The molecule has 1 fully saturated rings. The summed E-state index contributed by atoms with van der Waals surface area (Å²) in [5.41, 5.74) is 4.20. The molecule has 2 aromatic carbocycles. The predicted molar refractivity (Wildman–Crippen MR) is 173 cm³/mol. The van der Waals surface area contributed by atoms with Gasteiger partial charge in [-0.05, 0) is 47.7 Å². The van der Waals surface area contributed by atoms with Gasteiger partial charge in [-0.1, -0.05) is 32.1 Å². The molecule has 2 aliphatic heterocycles. The van der Waals surface area contributed by atoms with Crippen molar-refractivity contribution in [2.24, 2.45) is 17.4 Å². The summed E-state index contributed by atoms with van der Waals surface area (Å²) in [4.78, 5) is 20.5. The zero-order valence-corrected chi connectivity index (χ0v) is 27.1. The molecule has 236 valence electrons. The minimum atomic E-state index is -3.60. The molecule has 0 spiro atoms. The van der Waals surface area contributed by atoms with Gasteiger partial charge in [0.1, 0.15) is 6.04 Å². The first-order chi connectivity index (χ1) is 20.7.